The Morgan fingerprint density at radius 3 is 2.10 bits per heavy atom. The molecule has 1 N–H and O–H groups in total. The standard InChI is InChI=1S/C9H11ClFNO6S3/c1-19(13,14)4-5-20(15,16)12-7-2-3-9(8(11)6-7)21(10,17)18/h2-3,6,12H,4-5H2,1H3. The molecule has 0 aliphatic carbocycles. The molecule has 0 unspecified atom stereocenters. The molecule has 21 heavy (non-hydrogen) atoms. The van der Waals surface area contributed by atoms with Crippen LogP contribution in [0.15, 0.2) is 23.1 Å². The number of halogens is 2. The maximum Gasteiger partial charge on any atom is 0.264 e. The molecule has 0 bridgehead atoms. The minimum Gasteiger partial charge on any atom is -0.283 e. The number of sulfone groups is 1. The lowest BCUT2D eigenvalue weighted by Gasteiger charge is -2.08. The number of benzene rings is 1. The van der Waals surface area contributed by atoms with Crippen LogP contribution in [0.2, 0.25) is 0 Å². The third kappa shape index (κ3) is 6.16. The van der Waals surface area contributed by atoms with Gasteiger partial charge in [0.1, 0.15) is 20.5 Å². The monoisotopic (exact) mass is 379 g/mol. The molecule has 0 saturated carbocycles. The highest BCUT2D eigenvalue weighted by molar-refractivity contribution is 8.13. The number of hydrogen-bond donors (Lipinski definition) is 1. The van der Waals surface area contributed by atoms with Crippen molar-refractivity contribution < 1.29 is 29.6 Å². The first-order chi connectivity index (χ1) is 9.30. The van der Waals surface area contributed by atoms with E-state index in [1.807, 2.05) is 4.72 Å². The number of anilines is 1. The molecule has 12 heteroatoms. The Morgan fingerprint density at radius 1 is 1.10 bits per heavy atom. The van der Waals surface area contributed by atoms with Crippen LogP contribution in [0.5, 0.6) is 0 Å². The Balaban J connectivity index is 2.97. The molecule has 0 fully saturated rings. The van der Waals surface area contributed by atoms with Gasteiger partial charge in [0.2, 0.25) is 10.0 Å². The van der Waals surface area contributed by atoms with Gasteiger partial charge < -0.3 is 0 Å². The van der Waals surface area contributed by atoms with Crippen LogP contribution in [0.4, 0.5) is 10.1 Å². The van der Waals surface area contributed by atoms with Crippen molar-refractivity contribution in [3.63, 3.8) is 0 Å². The van der Waals surface area contributed by atoms with E-state index in [9.17, 15) is 29.6 Å². The fourth-order valence-corrected chi connectivity index (χ4v) is 4.83. The Morgan fingerprint density at radius 2 is 1.67 bits per heavy atom. The van der Waals surface area contributed by atoms with E-state index in [1.165, 1.54) is 0 Å². The molecule has 120 valence electrons. The molecule has 0 atom stereocenters. The van der Waals surface area contributed by atoms with E-state index in [1.54, 1.807) is 0 Å². The molecule has 0 spiro atoms. The van der Waals surface area contributed by atoms with Crippen molar-refractivity contribution in [2.24, 2.45) is 0 Å². The molecule has 1 aromatic carbocycles. The van der Waals surface area contributed by atoms with Crippen LogP contribution in [-0.2, 0) is 28.9 Å². The first kappa shape index (κ1) is 18.1. The van der Waals surface area contributed by atoms with Gasteiger partial charge in [0.25, 0.3) is 9.05 Å². The molecular weight excluding hydrogens is 369 g/mol. The van der Waals surface area contributed by atoms with Crippen molar-refractivity contribution in [2.75, 3.05) is 22.5 Å². The molecule has 7 nitrogen and oxygen atoms in total. The molecule has 0 radical (unpaired) electrons. The Kier molecular flexibility index (Phi) is 5.24. The first-order valence-electron chi connectivity index (χ1n) is 5.23. The highest BCUT2D eigenvalue weighted by Crippen LogP contribution is 2.22. The number of sulfonamides is 1. The normalized spacial score (nSPS) is 13.1. The summed E-state index contributed by atoms with van der Waals surface area (Å²) in [5.74, 6) is -2.53. The highest BCUT2D eigenvalue weighted by atomic mass is 35.7. The summed E-state index contributed by atoms with van der Waals surface area (Å²) in [7, 11) is -6.79. The average molecular weight is 380 g/mol. The van der Waals surface area contributed by atoms with Crippen molar-refractivity contribution in [1.82, 2.24) is 0 Å². The van der Waals surface area contributed by atoms with Crippen LogP contribution >= 0.6 is 10.7 Å². The molecule has 0 amide bonds. The summed E-state index contributed by atoms with van der Waals surface area (Å²) in [6.07, 6.45) is 0.877. The molecule has 0 aliphatic heterocycles. The highest BCUT2D eigenvalue weighted by Gasteiger charge is 2.19. The van der Waals surface area contributed by atoms with E-state index in [-0.39, 0.29) is 5.69 Å². The van der Waals surface area contributed by atoms with Crippen molar-refractivity contribution in [2.45, 2.75) is 4.90 Å². The van der Waals surface area contributed by atoms with Gasteiger partial charge in [-0.25, -0.2) is 29.6 Å². The Bertz CT molecular complexity index is 847. The summed E-state index contributed by atoms with van der Waals surface area (Å²) in [6, 6.07) is 2.43. The van der Waals surface area contributed by atoms with Crippen LogP contribution in [0.3, 0.4) is 0 Å². The third-order valence-corrected chi connectivity index (χ3v) is 6.04. The van der Waals surface area contributed by atoms with Crippen LogP contribution < -0.4 is 4.72 Å². The molecule has 0 aromatic heterocycles. The second-order valence-electron chi connectivity index (χ2n) is 4.13. The lowest BCUT2D eigenvalue weighted by atomic mass is 10.3. The van der Waals surface area contributed by atoms with Gasteiger partial charge in [0, 0.05) is 16.9 Å². The summed E-state index contributed by atoms with van der Waals surface area (Å²) < 4.78 is 82.4. The zero-order valence-corrected chi connectivity index (χ0v) is 13.8. The minimum absolute atomic E-state index is 0.245. The SMILES string of the molecule is CS(=O)(=O)CCS(=O)(=O)Nc1ccc(S(=O)(=O)Cl)c(F)c1. The van der Waals surface area contributed by atoms with Gasteiger partial charge in [0.05, 0.1) is 17.2 Å². The van der Waals surface area contributed by atoms with Gasteiger partial charge in [-0.15, -0.1) is 0 Å². The van der Waals surface area contributed by atoms with Gasteiger partial charge >= 0.3 is 0 Å². The quantitative estimate of drug-likeness (QED) is 0.721. The van der Waals surface area contributed by atoms with Gasteiger partial charge in [-0.2, -0.15) is 0 Å². The number of hydrogen-bond acceptors (Lipinski definition) is 6. The van der Waals surface area contributed by atoms with Gasteiger partial charge in [-0.1, -0.05) is 0 Å². The van der Waals surface area contributed by atoms with E-state index in [2.05, 4.69) is 0 Å². The van der Waals surface area contributed by atoms with Gasteiger partial charge in [-0.05, 0) is 18.2 Å². The number of rotatable bonds is 6. The van der Waals surface area contributed by atoms with Crippen LogP contribution in [-0.4, -0.2) is 43.0 Å². The lowest BCUT2D eigenvalue weighted by molar-refractivity contribution is 0.576. The van der Waals surface area contributed by atoms with Crippen LogP contribution in [0.1, 0.15) is 0 Å². The maximum atomic E-state index is 13.5. The molecule has 0 saturated heterocycles. The summed E-state index contributed by atoms with van der Waals surface area (Å²) in [4.78, 5) is -0.789. The smallest absolute Gasteiger partial charge is 0.264 e. The minimum atomic E-state index is -4.28. The van der Waals surface area contributed by atoms with Gasteiger partial charge in [-0.3, -0.25) is 4.72 Å². The largest absolute Gasteiger partial charge is 0.283 e. The maximum absolute atomic E-state index is 13.5. The zero-order chi connectivity index (χ0) is 16.5. The summed E-state index contributed by atoms with van der Waals surface area (Å²) in [6.45, 7) is 0. The fraction of sp³-hybridized carbons (Fsp3) is 0.333. The van der Waals surface area contributed by atoms with Crippen molar-refractivity contribution in [3.8, 4) is 0 Å². The van der Waals surface area contributed by atoms with E-state index >= 15 is 0 Å². The van der Waals surface area contributed by atoms with E-state index in [0.717, 1.165) is 18.4 Å². The molecule has 1 aromatic rings. The van der Waals surface area contributed by atoms with Crippen LogP contribution in [0, 0.1) is 5.82 Å². The topological polar surface area (TPSA) is 114 Å². The van der Waals surface area contributed by atoms with Gasteiger partial charge in [0.15, 0.2) is 0 Å². The predicted molar refractivity (Wildman–Crippen MR) is 76.6 cm³/mol. The predicted octanol–water partition coefficient (Wildman–Crippen LogP) is 0.540. The van der Waals surface area contributed by atoms with E-state index in [0.29, 0.717) is 6.07 Å². The van der Waals surface area contributed by atoms with E-state index < -0.39 is 51.1 Å². The molecule has 0 heterocycles. The lowest BCUT2D eigenvalue weighted by Crippen LogP contribution is -2.22. The zero-order valence-electron chi connectivity index (χ0n) is 10.6. The summed E-state index contributed by atoms with van der Waals surface area (Å²) in [5, 5.41) is 0. The molecular formula is C9H11ClFNO6S3. The van der Waals surface area contributed by atoms with E-state index in [4.69, 9.17) is 10.7 Å². The molecule has 0 aliphatic rings. The van der Waals surface area contributed by atoms with Crippen molar-refractivity contribution in [3.05, 3.63) is 24.0 Å². The average Bonchev–Trinajstić information content (AvgIpc) is 2.23. The fourth-order valence-electron chi connectivity index (χ4n) is 1.25. The van der Waals surface area contributed by atoms with Crippen LogP contribution in [0.25, 0.3) is 0 Å². The summed E-state index contributed by atoms with van der Waals surface area (Å²) in [5.41, 5.74) is -0.245. The summed E-state index contributed by atoms with van der Waals surface area (Å²) >= 11 is 0. The Hall–Kier alpha value is -0.910. The van der Waals surface area contributed by atoms with Crippen molar-refractivity contribution >= 4 is 45.3 Å². The number of nitrogens with one attached hydrogen (secondary N) is 1. The molecule has 1 rings (SSSR count). The Labute approximate surface area is 126 Å². The second-order valence-corrected chi connectivity index (χ2v) is 10.8. The van der Waals surface area contributed by atoms with Crippen molar-refractivity contribution in [1.29, 1.82) is 0 Å². The third-order valence-electron chi connectivity index (χ3n) is 2.19. The first-order valence-corrected chi connectivity index (χ1v) is 11.2. The second kappa shape index (κ2) is 6.07.